The number of pyridine rings is 1. The summed E-state index contributed by atoms with van der Waals surface area (Å²) in [6.07, 6.45) is 1.93. The highest BCUT2D eigenvalue weighted by molar-refractivity contribution is 7.89. The molecule has 214 valence electrons. The molecule has 1 saturated heterocycles. The van der Waals surface area contributed by atoms with Crippen molar-refractivity contribution in [2.24, 2.45) is 5.41 Å². The van der Waals surface area contributed by atoms with E-state index in [4.69, 9.17) is 5.10 Å². The minimum absolute atomic E-state index is 0.0845. The molecule has 4 rings (SSSR count). The summed E-state index contributed by atoms with van der Waals surface area (Å²) in [6.45, 7) is 6.38. The smallest absolute Gasteiger partial charge is 0.407 e. The Labute approximate surface area is 233 Å². The number of nitrogens with zero attached hydrogens (tertiary/aromatic N) is 5. The topological polar surface area (TPSA) is 164 Å². The van der Waals surface area contributed by atoms with Crippen molar-refractivity contribution >= 4 is 38.5 Å². The molecule has 3 N–H and O–H groups in total. The average Bonchev–Trinajstić information content (AvgIpc) is 3.23. The van der Waals surface area contributed by atoms with Crippen molar-refractivity contribution in [2.45, 2.75) is 62.9 Å². The summed E-state index contributed by atoms with van der Waals surface area (Å²) in [5, 5.41) is 28.0. The van der Waals surface area contributed by atoms with Gasteiger partial charge in [0.05, 0.1) is 28.4 Å². The largest absolute Gasteiger partial charge is 0.465 e. The molecule has 2 atom stereocenters. The zero-order chi connectivity index (χ0) is 29.5. The maximum atomic E-state index is 13.0. The molecule has 3 heterocycles. The summed E-state index contributed by atoms with van der Waals surface area (Å²) in [4.78, 5) is 29.4. The molecule has 0 spiro atoms. The minimum Gasteiger partial charge on any atom is -0.465 e. The van der Waals surface area contributed by atoms with Crippen LogP contribution < -0.4 is 10.9 Å². The van der Waals surface area contributed by atoms with Gasteiger partial charge >= 0.3 is 6.09 Å². The van der Waals surface area contributed by atoms with E-state index in [2.05, 4.69) is 16.4 Å². The number of H-pyrrole nitrogens is 1. The van der Waals surface area contributed by atoms with Crippen molar-refractivity contribution in [1.29, 1.82) is 5.26 Å². The zero-order valence-electron chi connectivity index (χ0n) is 23.3. The van der Waals surface area contributed by atoms with Crippen LogP contribution in [0.3, 0.4) is 0 Å². The SMILES string of the molecule is CN(C)S(=O)(=O)c1ccc(Nc2nn(C3(CC#N)CCN(C(=O)O)C(CC(C)(C)C)C3)c3cc[nH]c(=O)c23)cc1. The van der Waals surface area contributed by atoms with Crippen molar-refractivity contribution in [3.05, 3.63) is 46.9 Å². The molecule has 12 nitrogen and oxygen atoms in total. The van der Waals surface area contributed by atoms with Gasteiger partial charge in [0.25, 0.3) is 5.56 Å². The van der Waals surface area contributed by atoms with Crippen molar-refractivity contribution < 1.29 is 18.3 Å². The first kappa shape index (κ1) is 29.1. The first-order valence-electron chi connectivity index (χ1n) is 13.0. The number of anilines is 2. The summed E-state index contributed by atoms with van der Waals surface area (Å²) in [5.41, 5.74) is -0.332. The number of amides is 1. The van der Waals surface area contributed by atoms with Gasteiger partial charge in [0.15, 0.2) is 5.82 Å². The summed E-state index contributed by atoms with van der Waals surface area (Å²) < 4.78 is 27.7. The Morgan fingerprint density at radius 1 is 1.27 bits per heavy atom. The van der Waals surface area contributed by atoms with Crippen LogP contribution in [-0.4, -0.2) is 70.3 Å². The average molecular weight is 570 g/mol. The van der Waals surface area contributed by atoms with Crippen LogP contribution in [-0.2, 0) is 15.6 Å². The number of nitrogens with one attached hydrogen (secondary N) is 2. The van der Waals surface area contributed by atoms with Gasteiger partial charge in [-0.1, -0.05) is 20.8 Å². The van der Waals surface area contributed by atoms with E-state index < -0.39 is 21.7 Å². The molecule has 1 aromatic carbocycles. The predicted molar refractivity (Wildman–Crippen MR) is 151 cm³/mol. The number of aromatic amines is 1. The summed E-state index contributed by atoms with van der Waals surface area (Å²) >= 11 is 0. The lowest BCUT2D eigenvalue weighted by Crippen LogP contribution is -2.54. The van der Waals surface area contributed by atoms with Gasteiger partial charge < -0.3 is 20.3 Å². The number of hydrogen-bond donors (Lipinski definition) is 3. The van der Waals surface area contributed by atoms with Gasteiger partial charge in [0.2, 0.25) is 10.0 Å². The van der Waals surface area contributed by atoms with E-state index in [9.17, 15) is 28.4 Å². The molecule has 1 fully saturated rings. The number of aromatic nitrogens is 3. The van der Waals surface area contributed by atoms with E-state index in [-0.39, 0.29) is 46.1 Å². The van der Waals surface area contributed by atoms with E-state index in [1.807, 2.05) is 20.8 Å². The van der Waals surface area contributed by atoms with Crippen LogP contribution in [0.4, 0.5) is 16.3 Å². The molecule has 0 aliphatic carbocycles. The molecule has 3 aromatic rings. The maximum absolute atomic E-state index is 13.0. The highest BCUT2D eigenvalue weighted by atomic mass is 32.2. The van der Waals surface area contributed by atoms with Crippen LogP contribution in [0.1, 0.15) is 46.5 Å². The highest BCUT2D eigenvalue weighted by Gasteiger charge is 2.45. The number of sulfonamides is 1. The van der Waals surface area contributed by atoms with Crippen LogP contribution in [0.5, 0.6) is 0 Å². The fourth-order valence-electron chi connectivity index (χ4n) is 5.46. The van der Waals surface area contributed by atoms with Crippen molar-refractivity contribution in [3.63, 3.8) is 0 Å². The first-order valence-corrected chi connectivity index (χ1v) is 14.4. The molecule has 0 radical (unpaired) electrons. The van der Waals surface area contributed by atoms with E-state index in [0.717, 1.165) is 4.31 Å². The summed E-state index contributed by atoms with van der Waals surface area (Å²) in [6, 6.07) is 9.78. The Morgan fingerprint density at radius 2 is 1.95 bits per heavy atom. The van der Waals surface area contributed by atoms with Gasteiger partial charge in [-0.2, -0.15) is 10.4 Å². The number of carboxylic acid groups (broad SMARTS) is 1. The second-order valence-corrected chi connectivity index (χ2v) is 13.8. The lowest BCUT2D eigenvalue weighted by Gasteiger charge is -2.46. The third kappa shape index (κ3) is 5.55. The zero-order valence-corrected chi connectivity index (χ0v) is 24.1. The van der Waals surface area contributed by atoms with Gasteiger partial charge in [-0.05, 0) is 55.0 Å². The van der Waals surface area contributed by atoms with E-state index in [0.29, 0.717) is 30.5 Å². The summed E-state index contributed by atoms with van der Waals surface area (Å²) in [5.74, 6) is 0.255. The molecular formula is C27H35N7O5S. The molecular weight excluding hydrogens is 534 g/mol. The molecule has 1 aliphatic rings. The Bertz CT molecular complexity index is 1610. The molecule has 0 bridgehead atoms. The fraction of sp³-hybridized carbons (Fsp3) is 0.481. The quantitative estimate of drug-likeness (QED) is 0.385. The van der Waals surface area contributed by atoms with Crippen molar-refractivity contribution in [3.8, 4) is 6.07 Å². The second-order valence-electron chi connectivity index (χ2n) is 11.7. The maximum Gasteiger partial charge on any atom is 0.407 e. The van der Waals surface area contributed by atoms with E-state index in [1.54, 1.807) is 22.9 Å². The van der Waals surface area contributed by atoms with Gasteiger partial charge in [0.1, 0.15) is 5.39 Å². The third-order valence-corrected chi connectivity index (χ3v) is 9.15. The van der Waals surface area contributed by atoms with Crippen LogP contribution in [0.25, 0.3) is 10.9 Å². The number of fused-ring (bicyclic) bond motifs is 1. The number of likely N-dealkylation sites (tertiary alicyclic amines) is 1. The number of benzene rings is 1. The number of rotatable bonds is 7. The lowest BCUT2D eigenvalue weighted by molar-refractivity contribution is 0.0359. The second kappa shape index (κ2) is 10.6. The van der Waals surface area contributed by atoms with Crippen LogP contribution in [0, 0.1) is 16.7 Å². The number of carbonyl (C=O) groups is 1. The Kier molecular flexibility index (Phi) is 7.70. The van der Waals surface area contributed by atoms with Crippen LogP contribution in [0.15, 0.2) is 46.2 Å². The molecule has 1 amide bonds. The molecule has 40 heavy (non-hydrogen) atoms. The van der Waals surface area contributed by atoms with E-state index in [1.165, 1.54) is 37.3 Å². The number of piperidine rings is 1. The molecule has 2 unspecified atom stereocenters. The molecule has 0 saturated carbocycles. The minimum atomic E-state index is -3.61. The number of hydrogen-bond acceptors (Lipinski definition) is 7. The number of nitriles is 1. The third-order valence-electron chi connectivity index (χ3n) is 7.32. The molecule has 2 aromatic heterocycles. The van der Waals surface area contributed by atoms with Crippen molar-refractivity contribution in [1.82, 2.24) is 24.0 Å². The lowest BCUT2D eigenvalue weighted by atomic mass is 9.76. The van der Waals surface area contributed by atoms with Gasteiger partial charge in [-0.3, -0.25) is 9.48 Å². The normalized spacial score (nSPS) is 20.0. The van der Waals surface area contributed by atoms with Gasteiger partial charge in [-0.25, -0.2) is 17.5 Å². The van der Waals surface area contributed by atoms with Crippen molar-refractivity contribution in [2.75, 3.05) is 26.0 Å². The Hall–Kier alpha value is -3.89. The van der Waals surface area contributed by atoms with Crippen LogP contribution >= 0.6 is 0 Å². The molecule has 1 aliphatic heterocycles. The summed E-state index contributed by atoms with van der Waals surface area (Å²) in [7, 11) is -0.697. The van der Waals surface area contributed by atoms with Gasteiger partial charge in [0, 0.05) is 38.6 Å². The van der Waals surface area contributed by atoms with Crippen LogP contribution in [0.2, 0.25) is 0 Å². The Balaban J connectivity index is 1.80. The van der Waals surface area contributed by atoms with Gasteiger partial charge in [-0.15, -0.1) is 0 Å². The van der Waals surface area contributed by atoms with E-state index >= 15 is 0 Å². The Morgan fingerprint density at radius 3 is 2.52 bits per heavy atom. The predicted octanol–water partition coefficient (Wildman–Crippen LogP) is 3.91. The molecule has 13 heteroatoms. The fourth-order valence-corrected chi connectivity index (χ4v) is 6.36. The monoisotopic (exact) mass is 569 g/mol. The standard InChI is InChI=1S/C27H35N7O5S/c1-26(2,3)16-19-17-27(11-13-28,12-15-33(19)25(36)37)34-21-10-14-29-24(35)22(21)23(31-34)30-18-6-8-20(9-7-18)40(38,39)32(4)5/h6-10,14,19H,11-12,15-17H2,1-5H3,(H,29,35)(H,30,31)(H,36,37). The highest BCUT2D eigenvalue weighted by Crippen LogP contribution is 2.42. The first-order chi connectivity index (χ1) is 18.7.